The number of nitrogens with one attached hydrogen (secondary N) is 1. The van der Waals surface area contributed by atoms with E-state index in [0.29, 0.717) is 0 Å². The molecule has 0 aliphatic carbocycles. The van der Waals surface area contributed by atoms with Gasteiger partial charge in [0.15, 0.2) is 0 Å². The second-order valence-electron chi connectivity index (χ2n) is 4.72. The molecule has 1 aliphatic heterocycles. The van der Waals surface area contributed by atoms with Crippen molar-refractivity contribution in [1.29, 1.82) is 0 Å². The lowest BCUT2D eigenvalue weighted by atomic mass is 10.0. The van der Waals surface area contributed by atoms with Crippen molar-refractivity contribution >= 4 is 17.4 Å². The molecule has 0 bridgehead atoms. The van der Waals surface area contributed by atoms with Crippen molar-refractivity contribution in [2.75, 3.05) is 18.2 Å². The van der Waals surface area contributed by atoms with Gasteiger partial charge in [0.25, 0.3) is 0 Å². The van der Waals surface area contributed by atoms with Crippen LogP contribution in [0.5, 0.6) is 5.75 Å². The zero-order valence-corrected chi connectivity index (χ0v) is 12.0. The highest BCUT2D eigenvalue weighted by Gasteiger charge is 2.22. The Balaban J connectivity index is 1.83. The number of hydrogen-bond donors (Lipinski definition) is 1. The number of benzene rings is 2. The predicted octanol–water partition coefficient (Wildman–Crippen LogP) is 4.48. The van der Waals surface area contributed by atoms with E-state index < -0.39 is 0 Å². The summed E-state index contributed by atoms with van der Waals surface area (Å²) in [5.74, 6) is 1.65. The number of methoxy groups -OCH3 is 1. The fraction of sp³-hybridized carbons (Fsp3) is 0.250. The lowest BCUT2D eigenvalue weighted by molar-refractivity contribution is 0.415. The van der Waals surface area contributed by atoms with E-state index in [1.807, 2.05) is 30.3 Å². The maximum absolute atomic E-state index is 13.8. The van der Waals surface area contributed by atoms with Crippen LogP contribution in [0.2, 0.25) is 0 Å². The van der Waals surface area contributed by atoms with Gasteiger partial charge in [0, 0.05) is 16.3 Å². The summed E-state index contributed by atoms with van der Waals surface area (Å²) in [6.07, 6.45) is 0.993. The van der Waals surface area contributed by atoms with E-state index in [4.69, 9.17) is 4.74 Å². The first-order valence-electron chi connectivity index (χ1n) is 6.60. The summed E-state index contributed by atoms with van der Waals surface area (Å²) >= 11 is 1.60. The third-order valence-electron chi connectivity index (χ3n) is 3.46. The molecule has 0 spiro atoms. The smallest absolute Gasteiger partial charge is 0.137 e. The number of ether oxygens (including phenoxy) is 1. The summed E-state index contributed by atoms with van der Waals surface area (Å²) in [6.45, 7) is 0. The first-order chi connectivity index (χ1) is 9.78. The van der Waals surface area contributed by atoms with Gasteiger partial charge in [-0.15, -0.1) is 11.8 Å². The maximum Gasteiger partial charge on any atom is 0.137 e. The first-order valence-corrected chi connectivity index (χ1v) is 7.58. The Kier molecular flexibility index (Phi) is 3.83. The molecule has 0 radical (unpaired) electrons. The van der Waals surface area contributed by atoms with E-state index in [1.54, 1.807) is 24.9 Å². The Hall–Kier alpha value is -1.68. The molecule has 2 nitrogen and oxygen atoms in total. The van der Waals surface area contributed by atoms with Crippen LogP contribution < -0.4 is 10.1 Å². The number of thioether (sulfide) groups is 1. The van der Waals surface area contributed by atoms with E-state index in [1.165, 1.54) is 6.07 Å². The molecule has 104 valence electrons. The third-order valence-corrected chi connectivity index (χ3v) is 4.62. The SMILES string of the molecule is COc1ccc(NC2CCSc3c(F)cccc32)cc1. The molecule has 2 aromatic carbocycles. The van der Waals surface area contributed by atoms with Gasteiger partial charge in [0.1, 0.15) is 11.6 Å². The van der Waals surface area contributed by atoms with Gasteiger partial charge in [-0.05, 0) is 42.3 Å². The Morgan fingerprint density at radius 1 is 1.20 bits per heavy atom. The van der Waals surface area contributed by atoms with Crippen LogP contribution in [0, 0.1) is 5.82 Å². The van der Waals surface area contributed by atoms with Crippen molar-refractivity contribution in [2.45, 2.75) is 17.4 Å². The molecule has 1 heterocycles. The second kappa shape index (κ2) is 5.75. The Morgan fingerprint density at radius 2 is 2.00 bits per heavy atom. The van der Waals surface area contributed by atoms with Gasteiger partial charge < -0.3 is 10.1 Å². The molecule has 1 aliphatic rings. The number of rotatable bonds is 3. The quantitative estimate of drug-likeness (QED) is 0.900. The van der Waals surface area contributed by atoms with Crippen LogP contribution in [0.4, 0.5) is 10.1 Å². The minimum absolute atomic E-state index is 0.117. The lowest BCUT2D eigenvalue weighted by Gasteiger charge is -2.27. The molecule has 1 atom stereocenters. The molecular weight excluding hydrogens is 273 g/mol. The minimum atomic E-state index is -0.117. The van der Waals surface area contributed by atoms with Gasteiger partial charge in [-0.2, -0.15) is 0 Å². The molecule has 4 heteroatoms. The molecule has 0 saturated heterocycles. The summed E-state index contributed by atoms with van der Waals surface area (Å²) in [7, 11) is 1.65. The molecular formula is C16H16FNOS. The molecule has 1 N–H and O–H groups in total. The van der Waals surface area contributed by atoms with E-state index in [-0.39, 0.29) is 11.9 Å². The molecule has 20 heavy (non-hydrogen) atoms. The van der Waals surface area contributed by atoms with Crippen molar-refractivity contribution < 1.29 is 9.13 Å². The van der Waals surface area contributed by atoms with E-state index in [9.17, 15) is 4.39 Å². The second-order valence-corrected chi connectivity index (χ2v) is 5.83. The largest absolute Gasteiger partial charge is 0.497 e. The molecule has 0 saturated carbocycles. The van der Waals surface area contributed by atoms with Gasteiger partial charge in [-0.1, -0.05) is 12.1 Å². The Bertz CT molecular complexity index is 600. The van der Waals surface area contributed by atoms with Crippen LogP contribution in [0.1, 0.15) is 18.0 Å². The molecule has 1 unspecified atom stereocenters. The summed E-state index contributed by atoms with van der Waals surface area (Å²) < 4.78 is 19.0. The molecule has 3 rings (SSSR count). The summed E-state index contributed by atoms with van der Waals surface area (Å²) in [5, 5.41) is 3.48. The van der Waals surface area contributed by atoms with Crippen molar-refractivity contribution in [3.8, 4) is 5.75 Å². The van der Waals surface area contributed by atoms with Crippen LogP contribution >= 0.6 is 11.8 Å². The van der Waals surface area contributed by atoms with Crippen LogP contribution in [-0.4, -0.2) is 12.9 Å². The van der Waals surface area contributed by atoms with Crippen LogP contribution in [0.3, 0.4) is 0 Å². The first kappa shape index (κ1) is 13.3. The minimum Gasteiger partial charge on any atom is -0.497 e. The highest BCUT2D eigenvalue weighted by molar-refractivity contribution is 7.99. The monoisotopic (exact) mass is 289 g/mol. The fourth-order valence-corrected chi connectivity index (χ4v) is 3.57. The highest BCUT2D eigenvalue weighted by atomic mass is 32.2. The van der Waals surface area contributed by atoms with Gasteiger partial charge >= 0.3 is 0 Å². The highest BCUT2D eigenvalue weighted by Crippen LogP contribution is 2.39. The fourth-order valence-electron chi connectivity index (χ4n) is 2.42. The van der Waals surface area contributed by atoms with Crippen molar-refractivity contribution in [1.82, 2.24) is 0 Å². The average Bonchev–Trinajstić information content (AvgIpc) is 2.49. The van der Waals surface area contributed by atoms with Gasteiger partial charge in [0.05, 0.1) is 13.2 Å². The van der Waals surface area contributed by atoms with E-state index >= 15 is 0 Å². The van der Waals surface area contributed by atoms with Crippen molar-refractivity contribution in [2.24, 2.45) is 0 Å². The molecule has 0 amide bonds. The molecule has 0 fully saturated rings. The van der Waals surface area contributed by atoms with Gasteiger partial charge in [0.2, 0.25) is 0 Å². The van der Waals surface area contributed by atoms with Gasteiger partial charge in [-0.25, -0.2) is 4.39 Å². The number of halogens is 1. The Morgan fingerprint density at radius 3 is 2.75 bits per heavy atom. The lowest BCUT2D eigenvalue weighted by Crippen LogP contribution is -2.16. The van der Waals surface area contributed by atoms with Crippen molar-refractivity contribution in [3.05, 3.63) is 53.8 Å². The van der Waals surface area contributed by atoms with Gasteiger partial charge in [-0.3, -0.25) is 0 Å². The summed E-state index contributed by atoms with van der Waals surface area (Å²) in [6, 6.07) is 13.3. The van der Waals surface area contributed by atoms with E-state index in [0.717, 1.165) is 34.1 Å². The topological polar surface area (TPSA) is 21.3 Å². The molecule has 2 aromatic rings. The average molecular weight is 289 g/mol. The standard InChI is InChI=1S/C16H16FNOS/c1-19-12-7-5-11(6-8-12)18-15-9-10-20-16-13(15)3-2-4-14(16)17/h2-8,15,18H,9-10H2,1H3. The van der Waals surface area contributed by atoms with Crippen LogP contribution in [0.15, 0.2) is 47.4 Å². The predicted molar refractivity (Wildman–Crippen MR) is 81.1 cm³/mol. The van der Waals surface area contributed by atoms with Crippen LogP contribution in [0.25, 0.3) is 0 Å². The summed E-state index contributed by atoms with van der Waals surface area (Å²) in [5.41, 5.74) is 2.08. The van der Waals surface area contributed by atoms with Crippen LogP contribution in [-0.2, 0) is 0 Å². The Labute approximate surface area is 122 Å². The number of anilines is 1. The van der Waals surface area contributed by atoms with E-state index in [2.05, 4.69) is 5.32 Å². The summed E-state index contributed by atoms with van der Waals surface area (Å²) in [4.78, 5) is 0.782. The van der Waals surface area contributed by atoms with Crippen molar-refractivity contribution in [3.63, 3.8) is 0 Å². The number of hydrogen-bond acceptors (Lipinski definition) is 3. The zero-order chi connectivity index (χ0) is 13.9. The normalized spacial score (nSPS) is 17.4. The number of fused-ring (bicyclic) bond motifs is 1. The maximum atomic E-state index is 13.8. The zero-order valence-electron chi connectivity index (χ0n) is 11.2. The third kappa shape index (κ3) is 2.61. The molecule has 0 aromatic heterocycles.